The monoisotopic (exact) mass is 327 g/mol. The number of aryl methyl sites for hydroxylation is 1. The standard InChI is InChI=1S/C15H21NO5S/c1-21-13-8-10-16(11-9-13)22(19,20)14-5-2-12(3-6-14)4-7-15(17)18/h2-3,5-6,13H,4,7-11H2,1H3,(H,17,18). The van der Waals surface area contributed by atoms with Crippen LogP contribution < -0.4 is 0 Å². The summed E-state index contributed by atoms with van der Waals surface area (Å²) in [5.74, 6) is -0.863. The van der Waals surface area contributed by atoms with Crippen LogP contribution in [-0.4, -0.2) is 50.1 Å². The summed E-state index contributed by atoms with van der Waals surface area (Å²) in [6.07, 6.45) is 1.97. The smallest absolute Gasteiger partial charge is 0.303 e. The first-order valence-electron chi connectivity index (χ1n) is 7.27. The van der Waals surface area contributed by atoms with Crippen molar-refractivity contribution in [3.8, 4) is 0 Å². The van der Waals surface area contributed by atoms with Crippen molar-refractivity contribution in [3.63, 3.8) is 0 Å². The molecule has 1 aliphatic heterocycles. The van der Waals surface area contributed by atoms with Crippen molar-refractivity contribution in [2.24, 2.45) is 0 Å². The number of sulfonamides is 1. The largest absolute Gasteiger partial charge is 0.481 e. The number of ether oxygens (including phenoxy) is 1. The lowest BCUT2D eigenvalue weighted by Gasteiger charge is -2.30. The number of carboxylic acid groups (broad SMARTS) is 1. The van der Waals surface area contributed by atoms with Crippen molar-refractivity contribution in [2.75, 3.05) is 20.2 Å². The van der Waals surface area contributed by atoms with Gasteiger partial charge in [0.25, 0.3) is 0 Å². The Kier molecular flexibility index (Phi) is 5.55. The molecular formula is C15H21NO5S. The molecule has 7 heteroatoms. The normalized spacial score (nSPS) is 17.5. The summed E-state index contributed by atoms with van der Waals surface area (Å²) in [6, 6.07) is 6.46. The maximum atomic E-state index is 12.6. The van der Waals surface area contributed by atoms with Crippen LogP contribution in [0.3, 0.4) is 0 Å². The third kappa shape index (κ3) is 4.06. The van der Waals surface area contributed by atoms with E-state index in [1.54, 1.807) is 31.4 Å². The summed E-state index contributed by atoms with van der Waals surface area (Å²) in [6.45, 7) is 0.920. The highest BCUT2D eigenvalue weighted by Crippen LogP contribution is 2.22. The molecule has 1 aromatic carbocycles. The van der Waals surface area contributed by atoms with E-state index >= 15 is 0 Å². The Bertz CT molecular complexity index is 603. The molecule has 0 aliphatic carbocycles. The Morgan fingerprint density at radius 1 is 1.27 bits per heavy atom. The molecule has 0 saturated carbocycles. The fourth-order valence-electron chi connectivity index (χ4n) is 2.54. The second-order valence-corrected chi connectivity index (χ2v) is 7.31. The topological polar surface area (TPSA) is 83.9 Å². The highest BCUT2D eigenvalue weighted by Gasteiger charge is 2.29. The lowest BCUT2D eigenvalue weighted by Crippen LogP contribution is -2.40. The Morgan fingerprint density at radius 3 is 2.36 bits per heavy atom. The minimum atomic E-state index is -3.48. The molecule has 0 amide bonds. The summed E-state index contributed by atoms with van der Waals surface area (Å²) in [7, 11) is -1.84. The van der Waals surface area contributed by atoms with E-state index < -0.39 is 16.0 Å². The Morgan fingerprint density at radius 2 is 1.86 bits per heavy atom. The number of aliphatic carboxylic acids is 1. The third-order valence-electron chi connectivity index (χ3n) is 3.92. The van der Waals surface area contributed by atoms with E-state index in [1.165, 1.54) is 4.31 Å². The van der Waals surface area contributed by atoms with Crippen molar-refractivity contribution in [3.05, 3.63) is 29.8 Å². The fraction of sp³-hybridized carbons (Fsp3) is 0.533. The van der Waals surface area contributed by atoms with Gasteiger partial charge in [0.1, 0.15) is 0 Å². The number of carbonyl (C=O) groups is 1. The summed E-state index contributed by atoms with van der Waals surface area (Å²) < 4.78 is 31.8. The van der Waals surface area contributed by atoms with Crippen molar-refractivity contribution in [1.29, 1.82) is 0 Å². The Balaban J connectivity index is 2.05. The van der Waals surface area contributed by atoms with E-state index in [2.05, 4.69) is 0 Å². The number of nitrogens with zero attached hydrogens (tertiary/aromatic N) is 1. The second-order valence-electron chi connectivity index (χ2n) is 5.38. The van der Waals surface area contributed by atoms with E-state index in [1.807, 2.05) is 0 Å². The molecule has 22 heavy (non-hydrogen) atoms. The minimum absolute atomic E-state index is 0.0383. The molecule has 0 radical (unpaired) electrons. The van der Waals surface area contributed by atoms with E-state index in [0.717, 1.165) is 5.56 Å². The van der Waals surface area contributed by atoms with Gasteiger partial charge in [0.2, 0.25) is 10.0 Å². The Labute approximate surface area is 130 Å². The zero-order valence-corrected chi connectivity index (χ0v) is 13.4. The van der Waals surface area contributed by atoms with Gasteiger partial charge in [-0.05, 0) is 37.0 Å². The second kappa shape index (κ2) is 7.21. The zero-order valence-electron chi connectivity index (χ0n) is 12.6. The molecule has 6 nitrogen and oxygen atoms in total. The van der Waals surface area contributed by atoms with Crippen LogP contribution in [-0.2, 0) is 26.0 Å². The predicted molar refractivity (Wildman–Crippen MR) is 81.2 cm³/mol. The minimum Gasteiger partial charge on any atom is -0.481 e. The first-order valence-corrected chi connectivity index (χ1v) is 8.71. The van der Waals surface area contributed by atoms with Crippen molar-refractivity contribution < 1.29 is 23.1 Å². The molecule has 122 valence electrons. The van der Waals surface area contributed by atoms with Crippen LogP contribution in [0.5, 0.6) is 0 Å². The van der Waals surface area contributed by atoms with Gasteiger partial charge in [-0.3, -0.25) is 4.79 Å². The first-order chi connectivity index (χ1) is 10.4. The summed E-state index contributed by atoms with van der Waals surface area (Å²) >= 11 is 0. The predicted octanol–water partition coefficient (Wildman–Crippen LogP) is 1.50. The van der Waals surface area contributed by atoms with Crippen LogP contribution in [0.2, 0.25) is 0 Å². The molecule has 0 atom stereocenters. The van der Waals surface area contributed by atoms with Gasteiger partial charge in [-0.2, -0.15) is 4.31 Å². The molecule has 1 aromatic rings. The maximum absolute atomic E-state index is 12.6. The van der Waals surface area contributed by atoms with Gasteiger partial charge in [0.05, 0.1) is 11.0 Å². The average Bonchev–Trinajstić information content (AvgIpc) is 2.53. The number of rotatable bonds is 6. The maximum Gasteiger partial charge on any atom is 0.303 e. The van der Waals surface area contributed by atoms with Crippen LogP contribution in [0.25, 0.3) is 0 Å². The lowest BCUT2D eigenvalue weighted by molar-refractivity contribution is -0.136. The molecule has 1 heterocycles. The fourth-order valence-corrected chi connectivity index (χ4v) is 4.01. The summed E-state index contributed by atoms with van der Waals surface area (Å²) in [5, 5.41) is 8.66. The highest BCUT2D eigenvalue weighted by molar-refractivity contribution is 7.89. The third-order valence-corrected chi connectivity index (χ3v) is 5.84. The SMILES string of the molecule is COC1CCN(S(=O)(=O)c2ccc(CCC(=O)O)cc2)CC1. The number of methoxy groups -OCH3 is 1. The molecule has 0 bridgehead atoms. The zero-order chi connectivity index (χ0) is 16.2. The highest BCUT2D eigenvalue weighted by atomic mass is 32.2. The molecule has 0 unspecified atom stereocenters. The molecule has 1 saturated heterocycles. The van der Waals surface area contributed by atoms with Crippen molar-refractivity contribution in [1.82, 2.24) is 4.31 Å². The molecular weight excluding hydrogens is 306 g/mol. The van der Waals surface area contributed by atoms with Crippen LogP contribution in [0, 0.1) is 0 Å². The van der Waals surface area contributed by atoms with E-state index in [0.29, 0.717) is 32.4 Å². The van der Waals surface area contributed by atoms with Gasteiger partial charge in [-0.25, -0.2) is 8.42 Å². The van der Waals surface area contributed by atoms with E-state index in [-0.39, 0.29) is 17.4 Å². The Hall–Kier alpha value is -1.44. The number of benzene rings is 1. The first kappa shape index (κ1) is 16.9. The van der Waals surface area contributed by atoms with E-state index in [9.17, 15) is 13.2 Å². The van der Waals surface area contributed by atoms with E-state index in [4.69, 9.17) is 9.84 Å². The van der Waals surface area contributed by atoms with Crippen LogP contribution in [0.1, 0.15) is 24.8 Å². The number of hydrogen-bond acceptors (Lipinski definition) is 4. The van der Waals surface area contributed by atoms with Gasteiger partial charge in [0.15, 0.2) is 0 Å². The van der Waals surface area contributed by atoms with Crippen molar-refractivity contribution >= 4 is 16.0 Å². The molecule has 1 fully saturated rings. The van der Waals surface area contributed by atoms with Gasteiger partial charge in [0, 0.05) is 26.6 Å². The number of piperidine rings is 1. The molecule has 0 spiro atoms. The lowest BCUT2D eigenvalue weighted by atomic mass is 10.1. The van der Waals surface area contributed by atoms with Gasteiger partial charge in [-0.1, -0.05) is 12.1 Å². The molecule has 0 aromatic heterocycles. The van der Waals surface area contributed by atoms with Gasteiger partial charge < -0.3 is 9.84 Å². The van der Waals surface area contributed by atoms with Crippen LogP contribution in [0.15, 0.2) is 29.2 Å². The molecule has 1 N–H and O–H groups in total. The van der Waals surface area contributed by atoms with Gasteiger partial charge in [-0.15, -0.1) is 0 Å². The molecule has 1 aliphatic rings. The summed E-state index contributed by atoms with van der Waals surface area (Å²) in [4.78, 5) is 10.8. The van der Waals surface area contributed by atoms with Crippen LogP contribution in [0.4, 0.5) is 0 Å². The summed E-state index contributed by atoms with van der Waals surface area (Å²) in [5.41, 5.74) is 0.819. The van der Waals surface area contributed by atoms with Gasteiger partial charge >= 0.3 is 5.97 Å². The molecule has 2 rings (SSSR count). The average molecular weight is 327 g/mol. The van der Waals surface area contributed by atoms with Crippen LogP contribution >= 0.6 is 0 Å². The quantitative estimate of drug-likeness (QED) is 0.856. The number of hydrogen-bond donors (Lipinski definition) is 1. The number of carboxylic acids is 1. The van der Waals surface area contributed by atoms with Crippen molar-refractivity contribution in [2.45, 2.75) is 36.7 Å².